The molecule has 0 aliphatic heterocycles. The number of hydrogen-bond donors (Lipinski definition) is 3. The van der Waals surface area contributed by atoms with Gasteiger partial charge in [-0.2, -0.15) is 0 Å². The number of aliphatic hydroxyl groups excluding tert-OH is 1. The van der Waals surface area contributed by atoms with Crippen LogP contribution in [0.1, 0.15) is 6.92 Å². The van der Waals surface area contributed by atoms with Gasteiger partial charge in [-0.05, 0) is 6.92 Å². The molecule has 0 saturated heterocycles. The fraction of sp³-hybridized carbons (Fsp3) is 0.429. The maximum absolute atomic E-state index is 11.1. The molecule has 1 aromatic rings. The number of H-pyrrole nitrogens is 1. The van der Waals surface area contributed by atoms with Crippen molar-refractivity contribution in [2.24, 2.45) is 0 Å². The zero-order chi connectivity index (χ0) is 10.0. The molecular formula is C7H11N3O3. The number of nitrogens with one attached hydrogen (secondary N) is 1. The van der Waals surface area contributed by atoms with E-state index in [1.54, 1.807) is 0 Å². The lowest BCUT2D eigenvalue weighted by atomic mass is 10.4. The largest absolute Gasteiger partial charge is 0.392 e. The number of anilines is 1. The second-order valence-electron chi connectivity index (χ2n) is 2.82. The first-order valence-electron chi connectivity index (χ1n) is 3.78. The average Bonchev–Trinajstić information content (AvgIpc) is 1.96. The van der Waals surface area contributed by atoms with Crippen molar-refractivity contribution in [3.05, 3.63) is 26.9 Å². The van der Waals surface area contributed by atoms with Gasteiger partial charge in [0.2, 0.25) is 0 Å². The summed E-state index contributed by atoms with van der Waals surface area (Å²) in [4.78, 5) is 23.9. The number of nitrogens with zero attached hydrogens (tertiary/aromatic N) is 1. The van der Waals surface area contributed by atoms with Gasteiger partial charge < -0.3 is 10.8 Å². The van der Waals surface area contributed by atoms with Crippen LogP contribution >= 0.6 is 0 Å². The summed E-state index contributed by atoms with van der Waals surface area (Å²) in [5, 5.41) is 9.02. The van der Waals surface area contributed by atoms with Crippen molar-refractivity contribution in [1.29, 1.82) is 0 Å². The predicted octanol–water partition coefficient (Wildman–Crippen LogP) is -1.50. The molecule has 0 aromatic carbocycles. The molecule has 72 valence electrons. The molecule has 0 amide bonds. The second kappa shape index (κ2) is 3.44. The molecule has 6 nitrogen and oxygen atoms in total. The number of aliphatic hydroxyl groups is 1. The third-order valence-corrected chi connectivity index (χ3v) is 1.51. The van der Waals surface area contributed by atoms with Gasteiger partial charge in [0.15, 0.2) is 0 Å². The molecule has 0 fully saturated rings. The van der Waals surface area contributed by atoms with E-state index in [4.69, 9.17) is 10.8 Å². The van der Waals surface area contributed by atoms with E-state index in [0.717, 1.165) is 10.6 Å². The minimum Gasteiger partial charge on any atom is -0.392 e. The van der Waals surface area contributed by atoms with Crippen LogP contribution in [-0.2, 0) is 6.54 Å². The Morgan fingerprint density at radius 2 is 2.31 bits per heavy atom. The first-order valence-corrected chi connectivity index (χ1v) is 3.78. The average molecular weight is 185 g/mol. The zero-order valence-corrected chi connectivity index (χ0v) is 7.15. The molecule has 0 bridgehead atoms. The summed E-state index contributed by atoms with van der Waals surface area (Å²) < 4.78 is 1.10. The highest BCUT2D eigenvalue weighted by Gasteiger charge is 2.04. The van der Waals surface area contributed by atoms with Crippen molar-refractivity contribution in [3.63, 3.8) is 0 Å². The lowest BCUT2D eigenvalue weighted by molar-refractivity contribution is 0.172. The van der Waals surface area contributed by atoms with Crippen LogP contribution in [0.15, 0.2) is 15.7 Å². The molecule has 0 aliphatic rings. The van der Waals surface area contributed by atoms with Gasteiger partial charge in [-0.25, -0.2) is 4.79 Å². The monoisotopic (exact) mass is 185 g/mol. The Morgan fingerprint density at radius 1 is 1.69 bits per heavy atom. The van der Waals surface area contributed by atoms with E-state index in [1.807, 2.05) is 4.98 Å². The van der Waals surface area contributed by atoms with E-state index in [1.165, 1.54) is 6.92 Å². The summed E-state index contributed by atoms with van der Waals surface area (Å²) >= 11 is 0. The van der Waals surface area contributed by atoms with E-state index in [0.29, 0.717) is 0 Å². The maximum Gasteiger partial charge on any atom is 0.329 e. The predicted molar refractivity (Wildman–Crippen MR) is 47.4 cm³/mol. The molecule has 0 saturated carbocycles. The summed E-state index contributed by atoms with van der Waals surface area (Å²) in [5.74, 6) is 0.0506. The molecule has 0 radical (unpaired) electrons. The Balaban J connectivity index is 3.22. The Bertz CT molecular complexity index is 404. The summed E-state index contributed by atoms with van der Waals surface area (Å²) in [7, 11) is 0. The Morgan fingerprint density at radius 3 is 2.77 bits per heavy atom. The number of hydrogen-bond acceptors (Lipinski definition) is 4. The first kappa shape index (κ1) is 9.53. The van der Waals surface area contributed by atoms with Gasteiger partial charge in [-0.15, -0.1) is 0 Å². The fourth-order valence-electron chi connectivity index (χ4n) is 0.991. The Labute approximate surface area is 73.6 Å². The van der Waals surface area contributed by atoms with Crippen molar-refractivity contribution in [3.8, 4) is 0 Å². The van der Waals surface area contributed by atoms with E-state index in [9.17, 15) is 9.59 Å². The van der Waals surface area contributed by atoms with Gasteiger partial charge in [0.25, 0.3) is 5.56 Å². The molecular weight excluding hydrogens is 174 g/mol. The third kappa shape index (κ3) is 2.19. The van der Waals surface area contributed by atoms with Crippen molar-refractivity contribution in [1.82, 2.24) is 9.55 Å². The summed E-state index contributed by atoms with van der Waals surface area (Å²) in [5.41, 5.74) is 4.26. The Kier molecular flexibility index (Phi) is 2.52. The van der Waals surface area contributed by atoms with Gasteiger partial charge in [0.1, 0.15) is 5.82 Å². The second-order valence-corrected chi connectivity index (χ2v) is 2.82. The van der Waals surface area contributed by atoms with E-state index in [2.05, 4.69) is 0 Å². The van der Waals surface area contributed by atoms with Crippen LogP contribution in [-0.4, -0.2) is 20.8 Å². The van der Waals surface area contributed by atoms with Gasteiger partial charge in [0, 0.05) is 6.07 Å². The van der Waals surface area contributed by atoms with Crippen molar-refractivity contribution in [2.75, 3.05) is 5.73 Å². The van der Waals surface area contributed by atoms with Crippen LogP contribution in [0.25, 0.3) is 0 Å². The number of nitrogen functional groups attached to an aromatic ring is 1. The molecule has 1 heterocycles. The molecule has 1 unspecified atom stereocenters. The highest BCUT2D eigenvalue weighted by Crippen LogP contribution is 1.94. The van der Waals surface area contributed by atoms with Crippen LogP contribution in [0.5, 0.6) is 0 Å². The van der Waals surface area contributed by atoms with Crippen LogP contribution in [0.3, 0.4) is 0 Å². The molecule has 6 heteroatoms. The quantitative estimate of drug-likeness (QED) is 0.522. The molecule has 13 heavy (non-hydrogen) atoms. The molecule has 1 rings (SSSR count). The van der Waals surface area contributed by atoms with Gasteiger partial charge in [0.05, 0.1) is 12.6 Å². The number of rotatable bonds is 2. The van der Waals surface area contributed by atoms with Crippen LogP contribution in [0, 0.1) is 0 Å². The van der Waals surface area contributed by atoms with Gasteiger partial charge in [-0.3, -0.25) is 14.3 Å². The van der Waals surface area contributed by atoms with Crippen molar-refractivity contribution < 1.29 is 5.11 Å². The topological polar surface area (TPSA) is 101 Å². The lowest BCUT2D eigenvalue weighted by Crippen LogP contribution is -2.33. The van der Waals surface area contributed by atoms with Crippen LogP contribution in [0.2, 0.25) is 0 Å². The van der Waals surface area contributed by atoms with Gasteiger partial charge >= 0.3 is 5.69 Å². The fourth-order valence-corrected chi connectivity index (χ4v) is 0.991. The summed E-state index contributed by atoms with van der Waals surface area (Å²) in [6.45, 7) is 1.60. The molecule has 0 spiro atoms. The lowest BCUT2D eigenvalue weighted by Gasteiger charge is -2.09. The van der Waals surface area contributed by atoms with E-state index >= 15 is 0 Å². The van der Waals surface area contributed by atoms with E-state index < -0.39 is 17.4 Å². The standard InChI is InChI=1S/C7H11N3O3/c1-4(11)3-10-5(8)2-6(12)9-7(10)13/h2,4,11H,3,8H2,1H3,(H,9,12,13). The minimum atomic E-state index is -0.689. The number of aromatic amines is 1. The Hall–Kier alpha value is -1.56. The summed E-state index contributed by atoms with van der Waals surface area (Å²) in [6.07, 6.45) is -0.689. The number of aromatic nitrogens is 2. The van der Waals surface area contributed by atoms with E-state index in [-0.39, 0.29) is 12.4 Å². The molecule has 1 atom stereocenters. The van der Waals surface area contributed by atoms with Crippen LogP contribution in [0.4, 0.5) is 5.82 Å². The molecule has 1 aromatic heterocycles. The minimum absolute atomic E-state index is 0.0506. The molecule has 4 N–H and O–H groups in total. The zero-order valence-electron chi connectivity index (χ0n) is 7.15. The van der Waals surface area contributed by atoms with Gasteiger partial charge in [-0.1, -0.05) is 0 Å². The third-order valence-electron chi connectivity index (χ3n) is 1.51. The smallest absolute Gasteiger partial charge is 0.329 e. The normalized spacial score (nSPS) is 12.8. The van der Waals surface area contributed by atoms with Crippen molar-refractivity contribution >= 4 is 5.82 Å². The van der Waals surface area contributed by atoms with Crippen molar-refractivity contribution in [2.45, 2.75) is 19.6 Å². The highest BCUT2D eigenvalue weighted by molar-refractivity contribution is 5.26. The maximum atomic E-state index is 11.1. The first-order chi connectivity index (χ1) is 6.00. The SMILES string of the molecule is CC(O)Cn1c(N)cc(=O)[nH]c1=O. The number of nitrogens with two attached hydrogens (primary N) is 1. The summed E-state index contributed by atoms with van der Waals surface area (Å²) in [6, 6.07) is 1.10. The van der Waals surface area contributed by atoms with Crippen LogP contribution < -0.4 is 17.0 Å². The molecule has 0 aliphatic carbocycles. The highest BCUT2D eigenvalue weighted by atomic mass is 16.3.